The van der Waals surface area contributed by atoms with Crippen LogP contribution in [0.5, 0.6) is 0 Å². The average molecular weight is 379 g/mol. The molecule has 0 nitrogen and oxygen atoms in total. The number of allylic oxidation sites excluding steroid dienone is 2. The van der Waals surface area contributed by atoms with Crippen molar-refractivity contribution in [2.45, 2.75) is 12.3 Å². The molecule has 0 aliphatic rings. The zero-order valence-electron chi connectivity index (χ0n) is 14.4. The van der Waals surface area contributed by atoms with Crippen molar-refractivity contribution in [2.75, 3.05) is 0 Å². The van der Waals surface area contributed by atoms with Crippen LogP contribution in [0.1, 0.15) is 29.0 Å². The summed E-state index contributed by atoms with van der Waals surface area (Å²) < 4.78 is 0. The van der Waals surface area contributed by atoms with Gasteiger partial charge in [-0.3, -0.25) is 0 Å². The first-order chi connectivity index (χ1) is 12.7. The number of hydrogen-bond acceptors (Lipinski definition) is 0. The molecule has 0 bridgehead atoms. The molecule has 3 rings (SSSR count). The summed E-state index contributed by atoms with van der Waals surface area (Å²) in [7, 11) is 0. The summed E-state index contributed by atoms with van der Waals surface area (Å²) in [5.74, 6) is 0.280. The van der Waals surface area contributed by atoms with Crippen LogP contribution >= 0.6 is 23.2 Å². The van der Waals surface area contributed by atoms with E-state index in [1.54, 1.807) is 0 Å². The maximum Gasteiger partial charge on any atom is 0.0406 e. The normalized spacial score (nSPS) is 12.7. The largest absolute Gasteiger partial charge is 0.0843 e. The first-order valence-corrected chi connectivity index (χ1v) is 9.37. The molecule has 130 valence electrons. The Morgan fingerprint density at radius 2 is 1.23 bits per heavy atom. The quantitative estimate of drug-likeness (QED) is 0.408. The Balaban J connectivity index is 1.78. The number of hydrogen-bond donors (Lipinski definition) is 0. The van der Waals surface area contributed by atoms with Crippen molar-refractivity contribution in [3.05, 3.63) is 118 Å². The Hall–Kier alpha value is -2.28. The van der Waals surface area contributed by atoms with Crippen molar-refractivity contribution in [3.8, 4) is 0 Å². The Morgan fingerprint density at radius 1 is 0.654 bits per heavy atom. The molecule has 1 unspecified atom stereocenters. The fraction of sp³-hybridized carbons (Fsp3) is 0.0833. The topological polar surface area (TPSA) is 0 Å². The second-order valence-electron chi connectivity index (χ2n) is 6.12. The predicted molar refractivity (Wildman–Crippen MR) is 115 cm³/mol. The number of halogens is 2. The van der Waals surface area contributed by atoms with Crippen LogP contribution in [0.3, 0.4) is 0 Å². The third kappa shape index (κ3) is 5.62. The van der Waals surface area contributed by atoms with Gasteiger partial charge >= 0.3 is 0 Å². The van der Waals surface area contributed by atoms with Gasteiger partial charge in [0.2, 0.25) is 0 Å². The molecular weight excluding hydrogens is 359 g/mol. The van der Waals surface area contributed by atoms with Crippen molar-refractivity contribution < 1.29 is 0 Å². The first-order valence-electron chi connectivity index (χ1n) is 8.61. The van der Waals surface area contributed by atoms with Gasteiger partial charge in [-0.1, -0.05) is 102 Å². The van der Waals surface area contributed by atoms with E-state index in [0.717, 1.165) is 22.0 Å². The van der Waals surface area contributed by atoms with Crippen molar-refractivity contribution in [2.24, 2.45) is 0 Å². The van der Waals surface area contributed by atoms with Gasteiger partial charge in [0.05, 0.1) is 0 Å². The molecule has 0 radical (unpaired) electrons. The Labute approximate surface area is 165 Å². The monoisotopic (exact) mass is 378 g/mol. The summed E-state index contributed by atoms with van der Waals surface area (Å²) >= 11 is 12.0. The van der Waals surface area contributed by atoms with Gasteiger partial charge < -0.3 is 0 Å². The Kier molecular flexibility index (Phi) is 6.71. The molecule has 0 aliphatic carbocycles. The van der Waals surface area contributed by atoms with Gasteiger partial charge in [0.15, 0.2) is 0 Å². The third-order valence-electron chi connectivity index (χ3n) is 4.19. The molecule has 0 amide bonds. The summed E-state index contributed by atoms with van der Waals surface area (Å²) in [6.07, 6.45) is 9.69. The van der Waals surface area contributed by atoms with E-state index in [9.17, 15) is 0 Å². The zero-order chi connectivity index (χ0) is 18.2. The van der Waals surface area contributed by atoms with E-state index in [4.69, 9.17) is 23.2 Å². The van der Waals surface area contributed by atoms with Gasteiger partial charge in [-0.25, -0.2) is 0 Å². The first kappa shape index (κ1) is 18.5. The highest BCUT2D eigenvalue weighted by Crippen LogP contribution is 2.25. The fourth-order valence-corrected chi connectivity index (χ4v) is 3.00. The summed E-state index contributed by atoms with van der Waals surface area (Å²) in [4.78, 5) is 0. The Bertz CT molecular complexity index is 860. The van der Waals surface area contributed by atoms with E-state index in [2.05, 4.69) is 60.7 Å². The highest BCUT2D eigenvalue weighted by molar-refractivity contribution is 6.30. The van der Waals surface area contributed by atoms with Gasteiger partial charge in [-0.2, -0.15) is 0 Å². The van der Waals surface area contributed by atoms with Gasteiger partial charge in [0.1, 0.15) is 0 Å². The smallest absolute Gasteiger partial charge is 0.0406 e. The van der Waals surface area contributed by atoms with Crippen LogP contribution in [-0.2, 0) is 0 Å². The van der Waals surface area contributed by atoms with Gasteiger partial charge in [-0.15, -0.1) is 0 Å². The molecule has 0 saturated heterocycles. The summed E-state index contributed by atoms with van der Waals surface area (Å²) in [5.41, 5.74) is 3.60. The third-order valence-corrected chi connectivity index (χ3v) is 4.69. The van der Waals surface area contributed by atoms with E-state index in [1.165, 1.54) is 11.1 Å². The molecule has 3 aromatic rings. The van der Waals surface area contributed by atoms with Crippen molar-refractivity contribution in [1.29, 1.82) is 0 Å². The molecule has 0 aliphatic heterocycles. The van der Waals surface area contributed by atoms with Crippen LogP contribution in [-0.4, -0.2) is 0 Å². The molecule has 2 heteroatoms. The summed E-state index contributed by atoms with van der Waals surface area (Å²) in [6, 6.07) is 26.3. The van der Waals surface area contributed by atoms with E-state index in [1.807, 2.05) is 42.5 Å². The van der Waals surface area contributed by atoms with Crippen LogP contribution in [0.4, 0.5) is 0 Å². The lowest BCUT2D eigenvalue weighted by atomic mass is 9.94. The standard InChI is InChI=1S/C24H20Cl2/c25-23-15-10-20(11-16-23)9-12-21(22-13-17-24(26)18-14-22)8-4-7-19-5-2-1-3-6-19/h1-7,9-18,21H,8H2/b7-4+,12-9+. The number of benzene rings is 3. The highest BCUT2D eigenvalue weighted by Gasteiger charge is 2.06. The molecular formula is C24H20Cl2. The SMILES string of the molecule is Clc1ccc(/C=C/C(C/C=C/c2ccccc2)c2ccc(Cl)cc2)cc1. The molecule has 0 saturated carbocycles. The lowest BCUT2D eigenvalue weighted by molar-refractivity contribution is 0.870. The molecule has 0 heterocycles. The molecule has 3 aromatic carbocycles. The minimum Gasteiger partial charge on any atom is -0.0843 e. The van der Waals surface area contributed by atoms with E-state index >= 15 is 0 Å². The second kappa shape index (κ2) is 9.43. The second-order valence-corrected chi connectivity index (χ2v) is 6.99. The maximum atomic E-state index is 6.04. The molecule has 1 atom stereocenters. The van der Waals surface area contributed by atoms with E-state index in [-0.39, 0.29) is 5.92 Å². The van der Waals surface area contributed by atoms with Crippen LogP contribution < -0.4 is 0 Å². The number of rotatable bonds is 6. The summed E-state index contributed by atoms with van der Waals surface area (Å²) in [6.45, 7) is 0. The average Bonchev–Trinajstić information content (AvgIpc) is 2.67. The van der Waals surface area contributed by atoms with Crippen LogP contribution in [0.2, 0.25) is 10.0 Å². The van der Waals surface area contributed by atoms with Gasteiger partial charge in [0.25, 0.3) is 0 Å². The van der Waals surface area contributed by atoms with Gasteiger partial charge in [-0.05, 0) is 47.4 Å². The maximum absolute atomic E-state index is 6.04. The van der Waals surface area contributed by atoms with Crippen LogP contribution in [0.15, 0.2) is 91.0 Å². The molecule has 0 aromatic heterocycles. The van der Waals surface area contributed by atoms with E-state index in [0.29, 0.717) is 0 Å². The summed E-state index contributed by atoms with van der Waals surface area (Å²) in [5, 5.41) is 1.51. The van der Waals surface area contributed by atoms with Crippen LogP contribution in [0, 0.1) is 0 Å². The molecule has 0 N–H and O–H groups in total. The lowest BCUT2D eigenvalue weighted by Gasteiger charge is -2.11. The molecule has 0 spiro atoms. The molecule has 26 heavy (non-hydrogen) atoms. The van der Waals surface area contributed by atoms with Crippen LogP contribution in [0.25, 0.3) is 12.2 Å². The van der Waals surface area contributed by atoms with Crippen molar-refractivity contribution in [3.63, 3.8) is 0 Å². The van der Waals surface area contributed by atoms with Crippen molar-refractivity contribution >= 4 is 35.4 Å². The predicted octanol–water partition coefficient (Wildman–Crippen LogP) is 7.89. The van der Waals surface area contributed by atoms with Crippen molar-refractivity contribution in [1.82, 2.24) is 0 Å². The minimum atomic E-state index is 0.280. The molecule has 0 fully saturated rings. The minimum absolute atomic E-state index is 0.280. The van der Waals surface area contributed by atoms with E-state index < -0.39 is 0 Å². The Morgan fingerprint density at radius 3 is 1.88 bits per heavy atom. The lowest BCUT2D eigenvalue weighted by Crippen LogP contribution is -1.93. The fourth-order valence-electron chi connectivity index (χ4n) is 2.75. The van der Waals surface area contributed by atoms with Gasteiger partial charge in [0, 0.05) is 16.0 Å². The highest BCUT2D eigenvalue weighted by atomic mass is 35.5. The zero-order valence-corrected chi connectivity index (χ0v) is 15.9.